The van der Waals surface area contributed by atoms with Crippen molar-refractivity contribution in [3.63, 3.8) is 0 Å². The van der Waals surface area contributed by atoms with E-state index in [2.05, 4.69) is 216 Å². The molecule has 0 atom stereocenters. The second-order valence-corrected chi connectivity index (χ2v) is 16.5. The Hall–Kier alpha value is -5.68. The summed E-state index contributed by atoms with van der Waals surface area (Å²) in [5.74, 6) is 0. The SMILES string of the molecule is CC1(C)c2ccccc2-c2ccc(N(c3ccc(-c4ccccc4)cc3)c3ccc(-c4ccc(-c5ccc(B6OC(C)(C)C(C)(C)O6)cc5)cc4)cc3)cc21. The van der Waals surface area contributed by atoms with Crippen LogP contribution >= 0.6 is 0 Å². The van der Waals surface area contributed by atoms with E-state index >= 15 is 0 Å². The molecular formula is C51H46BNO2. The monoisotopic (exact) mass is 715 g/mol. The topological polar surface area (TPSA) is 21.7 Å². The number of fused-ring (bicyclic) bond motifs is 3. The molecule has 0 saturated carbocycles. The molecule has 0 spiro atoms. The van der Waals surface area contributed by atoms with Crippen LogP contribution in [0.5, 0.6) is 0 Å². The summed E-state index contributed by atoms with van der Waals surface area (Å²) in [7, 11) is -0.361. The van der Waals surface area contributed by atoms with E-state index in [9.17, 15) is 0 Å². The fraction of sp³-hybridized carbons (Fsp3) is 0.176. The van der Waals surface area contributed by atoms with Gasteiger partial charge in [-0.25, -0.2) is 0 Å². The molecule has 0 aromatic heterocycles. The molecule has 0 N–H and O–H groups in total. The highest BCUT2D eigenvalue weighted by Gasteiger charge is 2.51. The third-order valence-electron chi connectivity index (χ3n) is 12.2. The van der Waals surface area contributed by atoms with Gasteiger partial charge < -0.3 is 14.2 Å². The van der Waals surface area contributed by atoms with Crippen LogP contribution in [-0.4, -0.2) is 18.3 Å². The first-order chi connectivity index (χ1) is 26.5. The minimum absolute atomic E-state index is 0.0873. The molecule has 55 heavy (non-hydrogen) atoms. The Balaban J connectivity index is 1.01. The van der Waals surface area contributed by atoms with E-state index in [4.69, 9.17) is 9.31 Å². The molecule has 4 heteroatoms. The zero-order valence-electron chi connectivity index (χ0n) is 32.5. The van der Waals surface area contributed by atoms with Crippen molar-refractivity contribution in [3.05, 3.63) is 181 Å². The maximum absolute atomic E-state index is 6.27. The Labute approximate surface area is 326 Å². The van der Waals surface area contributed by atoms with Gasteiger partial charge in [0, 0.05) is 22.5 Å². The second kappa shape index (κ2) is 13.3. The molecule has 1 saturated heterocycles. The van der Waals surface area contributed by atoms with Crippen molar-refractivity contribution in [1.29, 1.82) is 0 Å². The Morgan fingerprint density at radius 1 is 0.382 bits per heavy atom. The highest BCUT2D eigenvalue weighted by molar-refractivity contribution is 6.62. The average Bonchev–Trinajstić information content (AvgIpc) is 3.58. The Bertz CT molecular complexity index is 2470. The molecule has 1 aliphatic heterocycles. The highest BCUT2D eigenvalue weighted by Crippen LogP contribution is 2.50. The van der Waals surface area contributed by atoms with E-state index in [1.165, 1.54) is 50.1 Å². The van der Waals surface area contributed by atoms with Crippen LogP contribution < -0.4 is 10.4 Å². The molecule has 270 valence electrons. The van der Waals surface area contributed by atoms with Gasteiger partial charge >= 0.3 is 7.12 Å². The first-order valence-corrected chi connectivity index (χ1v) is 19.4. The number of hydrogen-bond acceptors (Lipinski definition) is 3. The van der Waals surface area contributed by atoms with Crippen LogP contribution in [0.4, 0.5) is 17.1 Å². The zero-order chi connectivity index (χ0) is 38.0. The van der Waals surface area contributed by atoms with E-state index in [0.29, 0.717) is 0 Å². The summed E-state index contributed by atoms with van der Waals surface area (Å²) in [6, 6.07) is 61.7. The first-order valence-electron chi connectivity index (χ1n) is 19.4. The van der Waals surface area contributed by atoms with Gasteiger partial charge in [-0.05, 0) is 125 Å². The lowest BCUT2D eigenvalue weighted by molar-refractivity contribution is 0.00578. The summed E-state index contributed by atoms with van der Waals surface area (Å²) >= 11 is 0. The minimum Gasteiger partial charge on any atom is -0.399 e. The van der Waals surface area contributed by atoms with Crippen molar-refractivity contribution in [2.75, 3.05) is 4.90 Å². The summed E-state index contributed by atoms with van der Waals surface area (Å²) in [4.78, 5) is 2.38. The van der Waals surface area contributed by atoms with Gasteiger partial charge in [-0.15, -0.1) is 0 Å². The van der Waals surface area contributed by atoms with E-state index in [1.54, 1.807) is 0 Å². The summed E-state index contributed by atoms with van der Waals surface area (Å²) in [5, 5.41) is 0. The van der Waals surface area contributed by atoms with E-state index in [-0.39, 0.29) is 23.7 Å². The molecule has 0 unspecified atom stereocenters. The molecule has 2 aliphatic rings. The fourth-order valence-electron chi connectivity index (χ4n) is 8.18. The molecule has 3 nitrogen and oxygen atoms in total. The molecule has 7 aromatic carbocycles. The Morgan fingerprint density at radius 3 is 1.31 bits per heavy atom. The molecule has 0 amide bonds. The lowest BCUT2D eigenvalue weighted by atomic mass is 9.78. The number of benzene rings is 7. The van der Waals surface area contributed by atoms with E-state index in [0.717, 1.165) is 28.1 Å². The summed E-state index contributed by atoms with van der Waals surface area (Å²) in [6.07, 6.45) is 0. The number of nitrogens with zero attached hydrogens (tertiary/aromatic N) is 1. The lowest BCUT2D eigenvalue weighted by Crippen LogP contribution is -2.41. The van der Waals surface area contributed by atoms with Crippen LogP contribution in [0, 0.1) is 0 Å². The maximum Gasteiger partial charge on any atom is 0.494 e. The lowest BCUT2D eigenvalue weighted by Gasteiger charge is -2.32. The van der Waals surface area contributed by atoms with Gasteiger partial charge in [0.2, 0.25) is 0 Å². The van der Waals surface area contributed by atoms with Gasteiger partial charge in [-0.2, -0.15) is 0 Å². The standard InChI is InChI=1S/C51H46BNO2/c1-49(2)47-15-11-10-14-45(47)46-33-32-44(34-48(46)49)53(42-28-22-39(23-29-42)35-12-8-7-9-13-35)43-30-24-40(25-31-43)37-18-16-36(17-19-37)38-20-26-41(27-21-38)52-54-50(3,4)51(5,6)55-52/h7-34H,1-6H3. The fourth-order valence-corrected chi connectivity index (χ4v) is 8.18. The highest BCUT2D eigenvalue weighted by atomic mass is 16.7. The number of hydrogen-bond donors (Lipinski definition) is 0. The minimum atomic E-state index is -0.361. The molecule has 1 aliphatic carbocycles. The summed E-state index contributed by atoms with van der Waals surface area (Å²) in [6.45, 7) is 13.0. The number of anilines is 3. The summed E-state index contributed by atoms with van der Waals surface area (Å²) < 4.78 is 12.5. The Kier molecular flexibility index (Phi) is 8.45. The molecule has 1 fully saturated rings. The van der Waals surface area contributed by atoms with Gasteiger partial charge in [0.25, 0.3) is 0 Å². The summed E-state index contributed by atoms with van der Waals surface area (Å²) in [5.41, 5.74) is 16.1. The van der Waals surface area contributed by atoms with Crippen LogP contribution in [0.2, 0.25) is 0 Å². The van der Waals surface area contributed by atoms with Crippen molar-refractivity contribution in [2.45, 2.75) is 58.2 Å². The van der Waals surface area contributed by atoms with E-state index < -0.39 is 0 Å². The zero-order valence-corrected chi connectivity index (χ0v) is 32.5. The van der Waals surface area contributed by atoms with Gasteiger partial charge in [0.15, 0.2) is 0 Å². The normalized spacial score (nSPS) is 16.1. The molecule has 0 bridgehead atoms. The molecular weight excluding hydrogens is 669 g/mol. The van der Waals surface area contributed by atoms with Gasteiger partial charge in [-0.3, -0.25) is 0 Å². The van der Waals surface area contributed by atoms with Crippen molar-refractivity contribution in [3.8, 4) is 44.5 Å². The van der Waals surface area contributed by atoms with Crippen molar-refractivity contribution < 1.29 is 9.31 Å². The average molecular weight is 716 g/mol. The van der Waals surface area contributed by atoms with Gasteiger partial charge in [0.05, 0.1) is 11.2 Å². The molecule has 7 aromatic rings. The van der Waals surface area contributed by atoms with Crippen LogP contribution in [-0.2, 0) is 14.7 Å². The van der Waals surface area contributed by atoms with Crippen LogP contribution in [0.1, 0.15) is 52.7 Å². The number of rotatable bonds is 7. The van der Waals surface area contributed by atoms with Crippen molar-refractivity contribution in [1.82, 2.24) is 0 Å². The van der Waals surface area contributed by atoms with Crippen LogP contribution in [0.3, 0.4) is 0 Å². The predicted octanol–water partition coefficient (Wildman–Crippen LogP) is 12.8. The van der Waals surface area contributed by atoms with Gasteiger partial charge in [-0.1, -0.05) is 147 Å². The predicted molar refractivity (Wildman–Crippen MR) is 231 cm³/mol. The quantitative estimate of drug-likeness (QED) is 0.153. The smallest absolute Gasteiger partial charge is 0.399 e. The molecule has 0 radical (unpaired) electrons. The van der Waals surface area contributed by atoms with E-state index in [1.807, 2.05) is 0 Å². The second-order valence-electron chi connectivity index (χ2n) is 16.5. The van der Waals surface area contributed by atoms with Crippen molar-refractivity contribution in [2.24, 2.45) is 0 Å². The van der Waals surface area contributed by atoms with Crippen molar-refractivity contribution >= 4 is 29.6 Å². The molecule has 9 rings (SSSR count). The third kappa shape index (κ3) is 6.20. The maximum atomic E-state index is 6.27. The van der Waals surface area contributed by atoms with Crippen LogP contribution in [0.25, 0.3) is 44.5 Å². The van der Waals surface area contributed by atoms with Gasteiger partial charge in [0.1, 0.15) is 0 Å². The molecule has 1 heterocycles. The largest absolute Gasteiger partial charge is 0.494 e. The third-order valence-corrected chi connectivity index (χ3v) is 12.2. The first kappa shape index (κ1) is 35.1. The van der Waals surface area contributed by atoms with Crippen LogP contribution in [0.15, 0.2) is 170 Å². The Morgan fingerprint density at radius 2 is 0.782 bits per heavy atom.